The van der Waals surface area contributed by atoms with Crippen LogP contribution in [0.2, 0.25) is 0 Å². The molecule has 2 rings (SSSR count). The van der Waals surface area contributed by atoms with Gasteiger partial charge in [-0.1, -0.05) is 39.0 Å². The Hall–Kier alpha value is -2.74. The Balaban J connectivity index is 1.88. The lowest BCUT2D eigenvalue weighted by atomic mass is 9.96. The first-order valence-corrected chi connectivity index (χ1v) is 9.48. The van der Waals surface area contributed by atoms with E-state index in [4.69, 9.17) is 4.74 Å². The summed E-state index contributed by atoms with van der Waals surface area (Å²) in [6, 6.07) is 7.77. The zero-order valence-electron chi connectivity index (χ0n) is 16.2. The molecule has 8 heteroatoms. The lowest BCUT2D eigenvalue weighted by molar-refractivity contribution is -0.124. The SMILES string of the molecule is Cc1cc(NC(=O)C(C)(C)C)sc1C(=O)OCC(=O)NCc1ccccc1F. The molecule has 1 heterocycles. The van der Waals surface area contributed by atoms with Crippen LogP contribution in [0, 0.1) is 18.2 Å². The van der Waals surface area contributed by atoms with Gasteiger partial charge < -0.3 is 15.4 Å². The molecule has 0 unspecified atom stereocenters. The quantitative estimate of drug-likeness (QED) is 0.717. The number of aryl methyl sites for hydroxylation is 1. The van der Waals surface area contributed by atoms with Crippen molar-refractivity contribution in [2.75, 3.05) is 11.9 Å². The van der Waals surface area contributed by atoms with Crippen LogP contribution in [0.3, 0.4) is 0 Å². The van der Waals surface area contributed by atoms with Gasteiger partial charge in [0, 0.05) is 17.5 Å². The van der Waals surface area contributed by atoms with Crippen LogP contribution in [0.15, 0.2) is 30.3 Å². The molecule has 0 saturated heterocycles. The van der Waals surface area contributed by atoms with Crippen molar-refractivity contribution in [2.24, 2.45) is 5.41 Å². The number of hydrogen-bond acceptors (Lipinski definition) is 5. The highest BCUT2D eigenvalue weighted by Gasteiger charge is 2.23. The summed E-state index contributed by atoms with van der Waals surface area (Å²) in [5.41, 5.74) is 0.427. The first kappa shape index (κ1) is 21.6. The van der Waals surface area contributed by atoms with Crippen molar-refractivity contribution in [1.29, 1.82) is 0 Å². The van der Waals surface area contributed by atoms with Crippen LogP contribution in [0.5, 0.6) is 0 Å². The summed E-state index contributed by atoms with van der Waals surface area (Å²) >= 11 is 1.09. The predicted octanol–water partition coefficient (Wildman–Crippen LogP) is 3.65. The highest BCUT2D eigenvalue weighted by Crippen LogP contribution is 2.29. The molecular weight excluding hydrogens is 383 g/mol. The number of carbonyl (C=O) groups excluding carboxylic acids is 3. The van der Waals surface area contributed by atoms with Crippen LogP contribution in [-0.4, -0.2) is 24.4 Å². The number of carbonyl (C=O) groups is 3. The highest BCUT2D eigenvalue weighted by molar-refractivity contribution is 7.18. The van der Waals surface area contributed by atoms with E-state index in [1.54, 1.807) is 52.0 Å². The molecule has 1 aromatic carbocycles. The molecule has 0 fully saturated rings. The molecule has 1 aromatic heterocycles. The number of esters is 1. The lowest BCUT2D eigenvalue weighted by Crippen LogP contribution is -2.28. The third-order valence-electron chi connectivity index (χ3n) is 3.79. The van der Waals surface area contributed by atoms with Crippen molar-refractivity contribution in [1.82, 2.24) is 5.32 Å². The number of ether oxygens (including phenoxy) is 1. The Labute approximate surface area is 167 Å². The van der Waals surface area contributed by atoms with Gasteiger partial charge in [0.25, 0.3) is 5.91 Å². The van der Waals surface area contributed by atoms with E-state index >= 15 is 0 Å². The number of anilines is 1. The molecule has 2 aromatic rings. The van der Waals surface area contributed by atoms with Gasteiger partial charge >= 0.3 is 5.97 Å². The van der Waals surface area contributed by atoms with Crippen LogP contribution in [-0.2, 0) is 20.9 Å². The van der Waals surface area contributed by atoms with E-state index in [0.29, 0.717) is 21.0 Å². The van der Waals surface area contributed by atoms with Crippen molar-refractivity contribution in [3.63, 3.8) is 0 Å². The maximum atomic E-state index is 13.5. The number of thiophene rings is 1. The Morgan fingerprint density at radius 1 is 1.18 bits per heavy atom. The number of amides is 2. The van der Waals surface area contributed by atoms with Gasteiger partial charge in [-0.25, -0.2) is 9.18 Å². The summed E-state index contributed by atoms with van der Waals surface area (Å²) in [6.45, 7) is 6.62. The minimum Gasteiger partial charge on any atom is -0.451 e. The van der Waals surface area contributed by atoms with Crippen molar-refractivity contribution < 1.29 is 23.5 Å². The third-order valence-corrected chi connectivity index (χ3v) is 4.92. The van der Waals surface area contributed by atoms with Gasteiger partial charge in [0.15, 0.2) is 6.61 Å². The van der Waals surface area contributed by atoms with Crippen molar-refractivity contribution in [2.45, 2.75) is 34.2 Å². The van der Waals surface area contributed by atoms with Gasteiger partial charge in [0.2, 0.25) is 5.91 Å². The molecule has 0 aliphatic rings. The maximum Gasteiger partial charge on any atom is 0.349 e. The Morgan fingerprint density at radius 3 is 2.50 bits per heavy atom. The summed E-state index contributed by atoms with van der Waals surface area (Å²) < 4.78 is 18.5. The van der Waals surface area contributed by atoms with Gasteiger partial charge in [-0.05, 0) is 24.6 Å². The molecule has 28 heavy (non-hydrogen) atoms. The van der Waals surface area contributed by atoms with Crippen LogP contribution in [0.25, 0.3) is 0 Å². The largest absolute Gasteiger partial charge is 0.451 e. The topological polar surface area (TPSA) is 84.5 Å². The summed E-state index contributed by atoms with van der Waals surface area (Å²) in [7, 11) is 0. The number of halogens is 1. The van der Waals surface area contributed by atoms with Gasteiger partial charge in [-0.15, -0.1) is 11.3 Å². The van der Waals surface area contributed by atoms with Crippen LogP contribution in [0.1, 0.15) is 41.6 Å². The summed E-state index contributed by atoms with van der Waals surface area (Å²) in [6.07, 6.45) is 0. The van der Waals surface area contributed by atoms with Gasteiger partial charge in [0.1, 0.15) is 10.7 Å². The second-order valence-electron chi connectivity index (χ2n) is 7.27. The Kier molecular flexibility index (Phi) is 6.90. The summed E-state index contributed by atoms with van der Waals surface area (Å²) in [5, 5.41) is 5.80. The third kappa shape index (κ3) is 5.88. The predicted molar refractivity (Wildman–Crippen MR) is 106 cm³/mol. The number of hydrogen-bond donors (Lipinski definition) is 2. The second-order valence-corrected chi connectivity index (χ2v) is 8.32. The van der Waals surface area contributed by atoms with Crippen molar-refractivity contribution >= 4 is 34.1 Å². The van der Waals surface area contributed by atoms with E-state index in [-0.39, 0.29) is 12.5 Å². The Bertz CT molecular complexity index is 887. The van der Waals surface area contributed by atoms with E-state index in [2.05, 4.69) is 10.6 Å². The number of rotatable bonds is 6. The van der Waals surface area contributed by atoms with E-state index in [9.17, 15) is 18.8 Å². The lowest BCUT2D eigenvalue weighted by Gasteiger charge is -2.16. The first-order valence-electron chi connectivity index (χ1n) is 8.67. The van der Waals surface area contributed by atoms with Crippen LogP contribution in [0.4, 0.5) is 9.39 Å². The zero-order valence-corrected chi connectivity index (χ0v) is 17.0. The van der Waals surface area contributed by atoms with Crippen molar-refractivity contribution in [3.05, 3.63) is 52.2 Å². The van der Waals surface area contributed by atoms with E-state index < -0.39 is 29.7 Å². The average molecular weight is 406 g/mol. The number of nitrogens with one attached hydrogen (secondary N) is 2. The summed E-state index contributed by atoms with van der Waals surface area (Å²) in [4.78, 5) is 36.4. The van der Waals surface area contributed by atoms with Gasteiger partial charge in [-0.2, -0.15) is 0 Å². The highest BCUT2D eigenvalue weighted by atomic mass is 32.1. The minimum absolute atomic E-state index is 0.00404. The summed E-state index contributed by atoms with van der Waals surface area (Å²) in [5.74, 6) is -1.77. The van der Waals surface area contributed by atoms with Crippen molar-refractivity contribution in [3.8, 4) is 0 Å². The molecule has 0 saturated carbocycles. The van der Waals surface area contributed by atoms with E-state index in [1.807, 2.05) is 0 Å². The molecule has 6 nitrogen and oxygen atoms in total. The van der Waals surface area contributed by atoms with E-state index in [0.717, 1.165) is 11.3 Å². The van der Waals surface area contributed by atoms with Gasteiger partial charge in [-0.3, -0.25) is 9.59 Å². The average Bonchev–Trinajstić information content (AvgIpc) is 2.98. The first-order chi connectivity index (χ1) is 13.1. The smallest absolute Gasteiger partial charge is 0.349 e. The Morgan fingerprint density at radius 2 is 1.86 bits per heavy atom. The fraction of sp³-hybridized carbons (Fsp3) is 0.350. The molecule has 0 radical (unpaired) electrons. The molecule has 0 spiro atoms. The molecule has 0 aliphatic heterocycles. The molecular formula is C20H23FN2O4S. The maximum absolute atomic E-state index is 13.5. The second kappa shape index (κ2) is 8.97. The fourth-order valence-electron chi connectivity index (χ4n) is 2.13. The normalized spacial score (nSPS) is 11.0. The molecule has 150 valence electrons. The number of benzene rings is 1. The zero-order chi connectivity index (χ0) is 20.9. The molecule has 2 N–H and O–H groups in total. The standard InChI is InChI=1S/C20H23FN2O4S/c1-12-9-16(23-19(26)20(2,3)4)28-17(12)18(25)27-11-15(24)22-10-13-7-5-6-8-14(13)21/h5-9H,10-11H2,1-4H3,(H,22,24)(H,23,26). The van der Waals surface area contributed by atoms with E-state index in [1.165, 1.54) is 6.07 Å². The van der Waals surface area contributed by atoms with Crippen LogP contribution >= 0.6 is 11.3 Å². The molecule has 0 atom stereocenters. The molecule has 2 amide bonds. The monoisotopic (exact) mass is 406 g/mol. The minimum atomic E-state index is -0.653. The molecule has 0 bridgehead atoms. The molecule has 0 aliphatic carbocycles. The van der Waals surface area contributed by atoms with Gasteiger partial charge in [0.05, 0.1) is 5.00 Å². The fourth-order valence-corrected chi connectivity index (χ4v) is 3.09. The van der Waals surface area contributed by atoms with Crippen LogP contribution < -0.4 is 10.6 Å².